The second kappa shape index (κ2) is 9.97. The van der Waals surface area contributed by atoms with Crippen LogP contribution >= 0.6 is 0 Å². The minimum atomic E-state index is -2.94. The first-order valence-corrected chi connectivity index (χ1v) is 9.42. The summed E-state index contributed by atoms with van der Waals surface area (Å²) in [5.41, 5.74) is 0. The van der Waals surface area contributed by atoms with Gasteiger partial charge in [-0.15, -0.1) is 0 Å². The molecule has 1 aliphatic rings. The maximum atomic E-state index is 11.4. The van der Waals surface area contributed by atoms with Crippen LogP contribution < -0.4 is 10.6 Å². The summed E-state index contributed by atoms with van der Waals surface area (Å²) in [4.78, 5) is 6.79. The van der Waals surface area contributed by atoms with Crippen molar-refractivity contribution in [3.63, 3.8) is 0 Å². The molecule has 1 fully saturated rings. The molecule has 21 heavy (non-hydrogen) atoms. The van der Waals surface area contributed by atoms with E-state index in [1.165, 1.54) is 0 Å². The summed E-state index contributed by atoms with van der Waals surface area (Å²) in [7, 11) is -2.94. The number of guanidine groups is 1. The normalized spacial score (nSPS) is 17.7. The molecule has 0 aliphatic carbocycles. The number of sulfone groups is 1. The number of hydrogen-bond donors (Lipinski definition) is 2. The second-order valence-corrected chi connectivity index (χ2v) is 7.35. The molecule has 0 amide bonds. The highest BCUT2D eigenvalue weighted by molar-refractivity contribution is 7.91. The predicted octanol–water partition coefficient (Wildman–Crippen LogP) is -0.692. The molecule has 0 aromatic rings. The van der Waals surface area contributed by atoms with Crippen LogP contribution in [-0.4, -0.2) is 83.3 Å². The number of ether oxygens (including phenoxy) is 1. The fraction of sp³-hybridized carbons (Fsp3) is 0.923. The highest BCUT2D eigenvalue weighted by atomic mass is 32.2. The quantitative estimate of drug-likeness (QED) is 0.455. The Morgan fingerprint density at radius 1 is 1.24 bits per heavy atom. The van der Waals surface area contributed by atoms with Crippen molar-refractivity contribution in [2.75, 3.05) is 64.0 Å². The van der Waals surface area contributed by atoms with Gasteiger partial charge in [0.05, 0.1) is 25.5 Å². The number of hydrogen-bond acceptors (Lipinski definition) is 5. The van der Waals surface area contributed by atoms with E-state index in [2.05, 4.69) is 20.5 Å². The first kappa shape index (κ1) is 18.2. The number of aliphatic imine (C=N–C) groups is 1. The van der Waals surface area contributed by atoms with E-state index < -0.39 is 9.84 Å². The molecule has 1 aliphatic heterocycles. The van der Waals surface area contributed by atoms with Gasteiger partial charge in [-0.1, -0.05) is 6.92 Å². The lowest BCUT2D eigenvalue weighted by Gasteiger charge is -2.25. The Balaban J connectivity index is 2.31. The summed E-state index contributed by atoms with van der Waals surface area (Å²) in [6, 6.07) is 0. The average molecular weight is 320 g/mol. The van der Waals surface area contributed by atoms with Gasteiger partial charge in [-0.2, -0.15) is 0 Å². The molecule has 0 radical (unpaired) electrons. The Morgan fingerprint density at radius 2 is 1.95 bits per heavy atom. The van der Waals surface area contributed by atoms with Crippen molar-refractivity contribution >= 4 is 15.8 Å². The second-order valence-electron chi connectivity index (χ2n) is 4.88. The molecule has 7 nitrogen and oxygen atoms in total. The highest BCUT2D eigenvalue weighted by Gasteiger charge is 2.10. The van der Waals surface area contributed by atoms with Crippen LogP contribution in [0.3, 0.4) is 0 Å². The molecule has 0 spiro atoms. The van der Waals surface area contributed by atoms with Gasteiger partial charge in [0.2, 0.25) is 0 Å². The lowest BCUT2D eigenvalue weighted by atomic mass is 10.4. The van der Waals surface area contributed by atoms with E-state index in [0.717, 1.165) is 39.4 Å². The fourth-order valence-electron chi connectivity index (χ4n) is 1.94. The SMILES string of the molecule is CCNC(=NCCN1CCOCC1)NCCS(=O)(=O)CC. The third-order valence-electron chi connectivity index (χ3n) is 3.28. The minimum Gasteiger partial charge on any atom is -0.379 e. The van der Waals surface area contributed by atoms with Crippen molar-refractivity contribution in [3.8, 4) is 0 Å². The van der Waals surface area contributed by atoms with Crippen molar-refractivity contribution in [1.29, 1.82) is 0 Å². The Kier molecular flexibility index (Phi) is 8.63. The number of nitrogens with one attached hydrogen (secondary N) is 2. The first-order chi connectivity index (χ1) is 10.1. The summed E-state index contributed by atoms with van der Waals surface area (Å²) < 4.78 is 28.2. The van der Waals surface area contributed by atoms with Crippen molar-refractivity contribution in [1.82, 2.24) is 15.5 Å². The molecule has 8 heteroatoms. The maximum Gasteiger partial charge on any atom is 0.191 e. The van der Waals surface area contributed by atoms with E-state index in [0.29, 0.717) is 19.0 Å². The fourth-order valence-corrected chi connectivity index (χ4v) is 2.64. The topological polar surface area (TPSA) is 83.0 Å². The molecule has 0 aromatic carbocycles. The van der Waals surface area contributed by atoms with Gasteiger partial charge < -0.3 is 15.4 Å². The van der Waals surface area contributed by atoms with Crippen molar-refractivity contribution in [3.05, 3.63) is 0 Å². The van der Waals surface area contributed by atoms with Crippen LogP contribution in [0.1, 0.15) is 13.8 Å². The van der Waals surface area contributed by atoms with Crippen LogP contribution in [-0.2, 0) is 14.6 Å². The van der Waals surface area contributed by atoms with Crippen LogP contribution in [0.4, 0.5) is 0 Å². The van der Waals surface area contributed by atoms with Crippen molar-refractivity contribution in [2.45, 2.75) is 13.8 Å². The third-order valence-corrected chi connectivity index (χ3v) is 4.99. The molecule has 0 unspecified atom stereocenters. The molecule has 1 heterocycles. The third kappa shape index (κ3) is 8.23. The first-order valence-electron chi connectivity index (χ1n) is 7.60. The van der Waals surface area contributed by atoms with E-state index in [4.69, 9.17) is 4.74 Å². The predicted molar refractivity (Wildman–Crippen MR) is 85.6 cm³/mol. The van der Waals surface area contributed by atoms with Crippen LogP contribution in [0.2, 0.25) is 0 Å². The summed E-state index contributed by atoms with van der Waals surface area (Å²) in [6.45, 7) is 9.86. The van der Waals surface area contributed by atoms with E-state index >= 15 is 0 Å². The van der Waals surface area contributed by atoms with E-state index in [1.54, 1.807) is 6.92 Å². The Morgan fingerprint density at radius 3 is 2.57 bits per heavy atom. The summed E-state index contributed by atoms with van der Waals surface area (Å²) in [6.07, 6.45) is 0. The number of morpholine rings is 1. The lowest BCUT2D eigenvalue weighted by Crippen LogP contribution is -2.41. The zero-order valence-electron chi connectivity index (χ0n) is 13.1. The van der Waals surface area contributed by atoms with Crippen molar-refractivity contribution in [2.24, 2.45) is 4.99 Å². The Hall–Kier alpha value is -0.860. The standard InChI is InChI=1S/C13H28N4O3S/c1-3-14-13(16-6-12-21(18,19)4-2)15-5-7-17-8-10-20-11-9-17/h3-12H2,1-2H3,(H2,14,15,16). The molecule has 124 valence electrons. The van der Waals surface area contributed by atoms with Gasteiger partial charge in [0.25, 0.3) is 0 Å². The van der Waals surface area contributed by atoms with Crippen molar-refractivity contribution < 1.29 is 13.2 Å². The molecule has 1 saturated heterocycles. The van der Waals surface area contributed by atoms with Crippen LogP contribution in [0.15, 0.2) is 4.99 Å². The molecule has 0 bridgehead atoms. The van der Waals surface area contributed by atoms with Crippen LogP contribution in [0, 0.1) is 0 Å². The maximum absolute atomic E-state index is 11.4. The smallest absolute Gasteiger partial charge is 0.191 e. The molecule has 0 saturated carbocycles. The number of nitrogens with zero attached hydrogens (tertiary/aromatic N) is 2. The van der Waals surface area contributed by atoms with E-state index in [1.807, 2.05) is 6.92 Å². The van der Waals surface area contributed by atoms with Gasteiger partial charge in [0.1, 0.15) is 0 Å². The Bertz CT molecular complexity index is 406. The molecule has 1 rings (SSSR count). The van der Waals surface area contributed by atoms with E-state index in [9.17, 15) is 8.42 Å². The van der Waals surface area contributed by atoms with Crippen LogP contribution in [0.5, 0.6) is 0 Å². The van der Waals surface area contributed by atoms with Gasteiger partial charge in [-0.3, -0.25) is 9.89 Å². The van der Waals surface area contributed by atoms with E-state index in [-0.39, 0.29) is 11.5 Å². The van der Waals surface area contributed by atoms with Gasteiger partial charge >= 0.3 is 0 Å². The van der Waals surface area contributed by atoms with Gasteiger partial charge in [0.15, 0.2) is 15.8 Å². The minimum absolute atomic E-state index is 0.136. The van der Waals surface area contributed by atoms with Gasteiger partial charge in [0, 0.05) is 38.5 Å². The van der Waals surface area contributed by atoms with Gasteiger partial charge in [-0.05, 0) is 6.92 Å². The summed E-state index contributed by atoms with van der Waals surface area (Å²) in [5.74, 6) is 0.994. The Labute approximate surface area is 128 Å². The average Bonchev–Trinajstić information content (AvgIpc) is 2.48. The lowest BCUT2D eigenvalue weighted by molar-refractivity contribution is 0.0394. The zero-order valence-corrected chi connectivity index (χ0v) is 13.9. The molecule has 0 atom stereocenters. The molecular weight excluding hydrogens is 292 g/mol. The zero-order chi connectivity index (χ0) is 15.6. The number of rotatable bonds is 8. The summed E-state index contributed by atoms with van der Waals surface area (Å²) in [5, 5.41) is 6.19. The highest BCUT2D eigenvalue weighted by Crippen LogP contribution is 1.95. The summed E-state index contributed by atoms with van der Waals surface area (Å²) >= 11 is 0. The van der Waals surface area contributed by atoms with Gasteiger partial charge in [-0.25, -0.2) is 8.42 Å². The largest absolute Gasteiger partial charge is 0.379 e. The molecule has 2 N–H and O–H groups in total. The molecule has 0 aromatic heterocycles. The molecular formula is C13H28N4O3S. The monoisotopic (exact) mass is 320 g/mol. The van der Waals surface area contributed by atoms with Crippen LogP contribution in [0.25, 0.3) is 0 Å².